The molecular formula is C21H27NO2. The third-order valence-electron chi connectivity index (χ3n) is 7.30. The normalized spacial score (nSPS) is 39.1. The van der Waals surface area contributed by atoms with E-state index in [1.807, 2.05) is 0 Å². The van der Waals surface area contributed by atoms with Crippen LogP contribution in [0, 0.1) is 11.8 Å². The first kappa shape index (κ1) is 14.8. The number of hydrogen-bond donors (Lipinski definition) is 0. The van der Waals surface area contributed by atoms with Crippen molar-refractivity contribution >= 4 is 0 Å². The number of nitrogens with zero attached hydrogens (tertiary/aromatic N) is 1. The molecule has 2 aliphatic carbocycles. The van der Waals surface area contributed by atoms with Gasteiger partial charge in [0.05, 0.1) is 7.11 Å². The monoisotopic (exact) mass is 325 g/mol. The van der Waals surface area contributed by atoms with Crippen molar-refractivity contribution in [2.45, 2.75) is 50.2 Å². The Bertz CT molecular complexity index is 699. The maximum atomic E-state index is 6.64. The van der Waals surface area contributed by atoms with E-state index >= 15 is 0 Å². The zero-order valence-corrected chi connectivity index (χ0v) is 14.8. The van der Waals surface area contributed by atoms with Gasteiger partial charge >= 0.3 is 0 Å². The minimum absolute atomic E-state index is 0.220. The molecule has 0 radical (unpaired) electrons. The van der Waals surface area contributed by atoms with Gasteiger partial charge in [-0.25, -0.2) is 0 Å². The van der Waals surface area contributed by atoms with E-state index in [9.17, 15) is 0 Å². The van der Waals surface area contributed by atoms with E-state index in [0.29, 0.717) is 24.0 Å². The minimum atomic E-state index is 0.220. The average Bonchev–Trinajstić information content (AvgIpc) is 2.94. The van der Waals surface area contributed by atoms with Crippen LogP contribution in [-0.2, 0) is 11.8 Å². The zero-order chi connectivity index (χ0) is 16.5. The molecule has 2 heterocycles. The van der Waals surface area contributed by atoms with E-state index in [4.69, 9.17) is 9.47 Å². The summed E-state index contributed by atoms with van der Waals surface area (Å²) in [7, 11) is 1.76. The molecule has 5 atom stereocenters. The molecule has 1 aromatic carbocycles. The highest BCUT2D eigenvalue weighted by Gasteiger charge is 2.64. The second-order valence-electron chi connectivity index (χ2n) is 8.18. The van der Waals surface area contributed by atoms with Crippen LogP contribution < -0.4 is 9.47 Å². The van der Waals surface area contributed by atoms with Crippen LogP contribution in [0.4, 0.5) is 0 Å². The predicted octanol–water partition coefficient (Wildman–Crippen LogP) is 3.56. The summed E-state index contributed by atoms with van der Waals surface area (Å²) < 4.78 is 12.3. The molecule has 0 N–H and O–H groups in total. The largest absolute Gasteiger partial charge is 0.493 e. The van der Waals surface area contributed by atoms with E-state index in [1.165, 1.54) is 30.4 Å². The molecule has 1 spiro atoms. The Balaban J connectivity index is 1.72. The summed E-state index contributed by atoms with van der Waals surface area (Å²) >= 11 is 0. The molecule has 4 aliphatic rings. The minimum Gasteiger partial charge on any atom is -0.493 e. The van der Waals surface area contributed by atoms with Crippen LogP contribution in [0.15, 0.2) is 24.8 Å². The summed E-state index contributed by atoms with van der Waals surface area (Å²) in [5, 5.41) is 0. The van der Waals surface area contributed by atoms with Gasteiger partial charge < -0.3 is 9.47 Å². The molecule has 0 amide bonds. The molecule has 3 unspecified atom stereocenters. The maximum Gasteiger partial charge on any atom is 0.165 e. The number of methoxy groups -OCH3 is 1. The first-order chi connectivity index (χ1) is 11.7. The van der Waals surface area contributed by atoms with Gasteiger partial charge in [0.1, 0.15) is 6.10 Å². The second-order valence-corrected chi connectivity index (χ2v) is 8.18. The van der Waals surface area contributed by atoms with Crippen molar-refractivity contribution in [3.63, 3.8) is 0 Å². The Kier molecular flexibility index (Phi) is 3.10. The highest BCUT2D eigenvalue weighted by Crippen LogP contribution is 2.64. The fourth-order valence-corrected chi connectivity index (χ4v) is 6.43. The van der Waals surface area contributed by atoms with Gasteiger partial charge in [-0.1, -0.05) is 19.1 Å². The number of likely N-dealkylation sites (tertiary alicyclic amines) is 1. The summed E-state index contributed by atoms with van der Waals surface area (Å²) in [6.45, 7) is 8.54. The Morgan fingerprint density at radius 1 is 1.42 bits per heavy atom. The third kappa shape index (κ3) is 1.62. The fraction of sp³-hybridized carbons (Fsp3) is 0.619. The SMILES string of the molecule is C=CCN1CC[C@]23c4c5ccc(OC)c4OC2C(C)CC[C@H]3C1C5. The van der Waals surface area contributed by atoms with Crippen molar-refractivity contribution in [3.8, 4) is 11.5 Å². The van der Waals surface area contributed by atoms with Crippen molar-refractivity contribution in [1.82, 2.24) is 4.90 Å². The predicted molar refractivity (Wildman–Crippen MR) is 94.9 cm³/mol. The molecular weight excluding hydrogens is 298 g/mol. The summed E-state index contributed by atoms with van der Waals surface area (Å²) in [6.07, 6.45) is 7.37. The van der Waals surface area contributed by atoms with Gasteiger partial charge in [-0.05, 0) is 55.7 Å². The maximum absolute atomic E-state index is 6.64. The van der Waals surface area contributed by atoms with E-state index in [2.05, 4.69) is 36.6 Å². The zero-order valence-electron chi connectivity index (χ0n) is 14.8. The lowest BCUT2D eigenvalue weighted by molar-refractivity contribution is -0.0691. The number of rotatable bonds is 3. The van der Waals surface area contributed by atoms with Crippen LogP contribution >= 0.6 is 0 Å². The van der Waals surface area contributed by atoms with Crippen LogP contribution in [0.2, 0.25) is 0 Å². The van der Waals surface area contributed by atoms with Crippen molar-refractivity contribution in [3.05, 3.63) is 35.9 Å². The lowest BCUT2D eigenvalue weighted by atomic mass is 9.50. The fourth-order valence-electron chi connectivity index (χ4n) is 6.43. The molecule has 2 fully saturated rings. The van der Waals surface area contributed by atoms with Crippen molar-refractivity contribution in [1.29, 1.82) is 0 Å². The van der Waals surface area contributed by atoms with Gasteiger partial charge in [0, 0.05) is 23.6 Å². The third-order valence-corrected chi connectivity index (χ3v) is 7.30. The van der Waals surface area contributed by atoms with Crippen molar-refractivity contribution in [2.75, 3.05) is 20.2 Å². The van der Waals surface area contributed by atoms with E-state index in [1.54, 1.807) is 7.11 Å². The Hall–Kier alpha value is -1.48. The lowest BCUT2D eigenvalue weighted by Crippen LogP contribution is -2.65. The Morgan fingerprint density at radius 2 is 2.29 bits per heavy atom. The first-order valence-electron chi connectivity index (χ1n) is 9.42. The highest BCUT2D eigenvalue weighted by molar-refractivity contribution is 5.61. The van der Waals surface area contributed by atoms with Gasteiger partial charge in [0.25, 0.3) is 0 Å². The number of hydrogen-bond acceptors (Lipinski definition) is 3. The molecule has 128 valence electrons. The standard InChI is InChI=1S/C21H27NO2/c1-4-10-22-11-9-21-15-7-5-13(2)20(21)24-19-17(23-3)8-6-14(18(19)21)12-16(15)22/h4,6,8,13,15-16,20H,1,5,7,9-12H2,2-3H3/t13?,15-,16?,20?,21-/m0/s1. The number of piperidine rings is 1. The molecule has 3 heteroatoms. The van der Waals surface area contributed by atoms with Gasteiger partial charge in [-0.15, -0.1) is 6.58 Å². The highest BCUT2D eigenvalue weighted by atomic mass is 16.5. The van der Waals surface area contributed by atoms with Gasteiger partial charge in [0.15, 0.2) is 11.5 Å². The molecule has 2 bridgehead atoms. The molecule has 0 aromatic heterocycles. The molecule has 5 rings (SSSR count). The molecule has 3 nitrogen and oxygen atoms in total. The number of ether oxygens (including phenoxy) is 2. The molecule has 2 aliphatic heterocycles. The molecule has 1 saturated heterocycles. The average molecular weight is 325 g/mol. The summed E-state index contributed by atoms with van der Waals surface area (Å²) in [6, 6.07) is 5.05. The summed E-state index contributed by atoms with van der Waals surface area (Å²) in [5.41, 5.74) is 3.23. The first-order valence-corrected chi connectivity index (χ1v) is 9.42. The van der Waals surface area contributed by atoms with Crippen LogP contribution in [0.25, 0.3) is 0 Å². The summed E-state index contributed by atoms with van der Waals surface area (Å²) in [4.78, 5) is 2.67. The summed E-state index contributed by atoms with van der Waals surface area (Å²) in [5.74, 6) is 3.33. The molecule has 24 heavy (non-hydrogen) atoms. The van der Waals surface area contributed by atoms with E-state index in [0.717, 1.165) is 31.0 Å². The molecule has 1 aromatic rings. The smallest absolute Gasteiger partial charge is 0.165 e. The molecule has 1 saturated carbocycles. The van der Waals surface area contributed by atoms with Crippen LogP contribution in [0.5, 0.6) is 11.5 Å². The van der Waals surface area contributed by atoms with Crippen LogP contribution in [0.3, 0.4) is 0 Å². The van der Waals surface area contributed by atoms with E-state index in [-0.39, 0.29) is 5.41 Å². The van der Waals surface area contributed by atoms with Crippen LogP contribution in [0.1, 0.15) is 37.3 Å². The second kappa shape index (κ2) is 5.01. The quantitative estimate of drug-likeness (QED) is 0.793. The van der Waals surface area contributed by atoms with Crippen molar-refractivity contribution < 1.29 is 9.47 Å². The van der Waals surface area contributed by atoms with Gasteiger partial charge in [-0.2, -0.15) is 0 Å². The van der Waals surface area contributed by atoms with Gasteiger partial charge in [0.2, 0.25) is 0 Å². The van der Waals surface area contributed by atoms with Crippen LogP contribution in [-0.4, -0.2) is 37.2 Å². The van der Waals surface area contributed by atoms with Crippen molar-refractivity contribution in [2.24, 2.45) is 11.8 Å². The number of benzene rings is 1. The van der Waals surface area contributed by atoms with Gasteiger partial charge in [-0.3, -0.25) is 4.90 Å². The van der Waals surface area contributed by atoms with E-state index < -0.39 is 0 Å². The Morgan fingerprint density at radius 3 is 3.08 bits per heavy atom. The Labute approximate surface area is 144 Å². The topological polar surface area (TPSA) is 21.7 Å². The lowest BCUT2D eigenvalue weighted by Gasteiger charge is -2.59.